The zero-order chi connectivity index (χ0) is 11.1. The molecule has 6 atom stereocenters. The lowest BCUT2D eigenvalue weighted by atomic mass is 9.50. The van der Waals surface area contributed by atoms with Gasteiger partial charge in [0.15, 0.2) is 0 Å². The Balaban J connectivity index is 1.90. The molecule has 0 aromatic carbocycles. The lowest BCUT2D eigenvalue weighted by molar-refractivity contribution is -0.270. The summed E-state index contributed by atoms with van der Waals surface area (Å²) in [5.41, 5.74) is -0.856. The van der Waals surface area contributed by atoms with E-state index in [9.17, 15) is 9.90 Å². The van der Waals surface area contributed by atoms with Gasteiger partial charge in [-0.1, -0.05) is 0 Å². The molecular formula is C12H16O4. The minimum absolute atomic E-state index is 0.0526. The van der Waals surface area contributed by atoms with Crippen LogP contribution in [0.2, 0.25) is 0 Å². The smallest absolute Gasteiger partial charge is 0.312 e. The van der Waals surface area contributed by atoms with Crippen LogP contribution in [0.1, 0.15) is 26.2 Å². The maximum atomic E-state index is 11.7. The van der Waals surface area contributed by atoms with Crippen molar-refractivity contribution in [1.29, 1.82) is 0 Å². The van der Waals surface area contributed by atoms with Gasteiger partial charge in [-0.25, -0.2) is 0 Å². The van der Waals surface area contributed by atoms with Gasteiger partial charge in [-0.05, 0) is 32.1 Å². The molecule has 0 aromatic rings. The molecule has 3 aliphatic heterocycles. The summed E-state index contributed by atoms with van der Waals surface area (Å²) in [5.74, 6) is -0.184. The topological polar surface area (TPSA) is 55.8 Å². The molecule has 5 rings (SSSR count). The molecule has 3 heterocycles. The lowest BCUT2D eigenvalue weighted by Gasteiger charge is -2.61. The number of hydrogen-bond acceptors (Lipinski definition) is 3. The molecule has 5 aliphatic rings. The Labute approximate surface area is 93.9 Å². The number of hydrogen-bond donors (Lipinski definition) is 1. The van der Waals surface area contributed by atoms with E-state index >= 15 is 0 Å². The second-order valence-corrected chi connectivity index (χ2v) is 6.19. The van der Waals surface area contributed by atoms with Gasteiger partial charge in [0.25, 0.3) is 0 Å². The average Bonchev–Trinajstić information content (AvgIpc) is 2.50. The van der Waals surface area contributed by atoms with Gasteiger partial charge in [0.2, 0.25) is 0 Å². The third-order valence-electron chi connectivity index (χ3n) is 5.23. The van der Waals surface area contributed by atoms with E-state index in [0.29, 0.717) is 18.9 Å². The Morgan fingerprint density at radius 1 is 1.50 bits per heavy atom. The molecule has 88 valence electrons. The highest BCUT2D eigenvalue weighted by Gasteiger charge is 2.73. The second kappa shape index (κ2) is 2.46. The Hall–Kier alpha value is -0.610. The summed E-state index contributed by atoms with van der Waals surface area (Å²) in [6.07, 6.45) is 2.67. The van der Waals surface area contributed by atoms with Gasteiger partial charge in [-0.3, -0.25) is 4.79 Å². The number of aliphatic carboxylic acids is 1. The summed E-state index contributed by atoms with van der Waals surface area (Å²) in [6.45, 7) is 2.65. The van der Waals surface area contributed by atoms with Crippen molar-refractivity contribution in [2.45, 2.75) is 44.0 Å². The second-order valence-electron chi connectivity index (χ2n) is 6.19. The molecule has 3 saturated heterocycles. The Morgan fingerprint density at radius 2 is 2.31 bits per heavy atom. The Bertz CT molecular complexity index is 357. The summed E-state index contributed by atoms with van der Waals surface area (Å²) >= 11 is 0. The Morgan fingerprint density at radius 3 is 3.06 bits per heavy atom. The fourth-order valence-electron chi connectivity index (χ4n) is 4.91. The summed E-state index contributed by atoms with van der Waals surface area (Å²) in [6, 6.07) is 0. The van der Waals surface area contributed by atoms with Crippen LogP contribution in [0.4, 0.5) is 0 Å². The van der Waals surface area contributed by atoms with Crippen LogP contribution in [0.15, 0.2) is 0 Å². The number of ether oxygens (including phenoxy) is 2. The predicted molar refractivity (Wildman–Crippen MR) is 53.9 cm³/mol. The van der Waals surface area contributed by atoms with Crippen LogP contribution < -0.4 is 0 Å². The maximum Gasteiger partial charge on any atom is 0.312 e. The maximum absolute atomic E-state index is 11.7. The zero-order valence-corrected chi connectivity index (χ0v) is 9.31. The minimum Gasteiger partial charge on any atom is -0.481 e. The molecule has 6 bridgehead atoms. The first-order valence-electron chi connectivity index (χ1n) is 6.08. The number of carboxylic acid groups (broad SMARTS) is 1. The van der Waals surface area contributed by atoms with Crippen molar-refractivity contribution in [3.05, 3.63) is 0 Å². The molecule has 0 aromatic heterocycles. The van der Waals surface area contributed by atoms with Crippen molar-refractivity contribution in [3.8, 4) is 0 Å². The normalized spacial score (nSPS) is 61.6. The van der Waals surface area contributed by atoms with Gasteiger partial charge in [-0.15, -0.1) is 0 Å². The van der Waals surface area contributed by atoms with Crippen molar-refractivity contribution >= 4 is 5.97 Å². The largest absolute Gasteiger partial charge is 0.481 e. The lowest BCUT2D eigenvalue weighted by Crippen LogP contribution is -2.68. The predicted octanol–water partition coefficient (Wildman–Crippen LogP) is 1.04. The number of carboxylic acids is 1. The molecule has 0 radical (unpaired) electrons. The first kappa shape index (κ1) is 9.42. The van der Waals surface area contributed by atoms with Gasteiger partial charge in [-0.2, -0.15) is 0 Å². The number of carbonyl (C=O) groups is 1. The van der Waals surface area contributed by atoms with Crippen LogP contribution in [0, 0.1) is 17.3 Å². The number of rotatable bonds is 1. The van der Waals surface area contributed by atoms with Crippen molar-refractivity contribution in [2.24, 2.45) is 17.3 Å². The molecule has 2 aliphatic carbocycles. The monoisotopic (exact) mass is 224 g/mol. The SMILES string of the molecule is C[C@]12C[C@@H]3C[C@H](O1)[C@H]1CO[C@@H]3[C@@]1(C(=O)O)C2. The van der Waals surface area contributed by atoms with E-state index in [0.717, 1.165) is 12.8 Å². The Kier molecular flexibility index (Phi) is 1.45. The van der Waals surface area contributed by atoms with E-state index in [1.807, 2.05) is 0 Å². The highest BCUT2D eigenvalue weighted by molar-refractivity contribution is 5.77. The third-order valence-corrected chi connectivity index (χ3v) is 5.23. The summed E-state index contributed by atoms with van der Waals surface area (Å²) in [7, 11) is 0. The van der Waals surface area contributed by atoms with Gasteiger partial charge in [0, 0.05) is 5.92 Å². The van der Waals surface area contributed by atoms with E-state index in [1.165, 1.54) is 0 Å². The van der Waals surface area contributed by atoms with Gasteiger partial charge < -0.3 is 14.6 Å². The summed E-state index contributed by atoms with van der Waals surface area (Å²) < 4.78 is 11.9. The zero-order valence-electron chi connectivity index (χ0n) is 9.31. The van der Waals surface area contributed by atoms with Crippen LogP contribution in [0.25, 0.3) is 0 Å². The van der Waals surface area contributed by atoms with Crippen molar-refractivity contribution < 1.29 is 19.4 Å². The van der Waals surface area contributed by atoms with Gasteiger partial charge >= 0.3 is 5.97 Å². The van der Waals surface area contributed by atoms with Crippen LogP contribution in [-0.4, -0.2) is 35.5 Å². The molecule has 4 heteroatoms. The first-order valence-corrected chi connectivity index (χ1v) is 6.08. The third kappa shape index (κ3) is 0.810. The highest BCUT2D eigenvalue weighted by Crippen LogP contribution is 2.65. The molecular weight excluding hydrogens is 208 g/mol. The quantitative estimate of drug-likeness (QED) is 0.723. The minimum atomic E-state index is -0.663. The van der Waals surface area contributed by atoms with Crippen LogP contribution in [0.3, 0.4) is 0 Å². The highest BCUT2D eigenvalue weighted by atomic mass is 16.5. The fourth-order valence-corrected chi connectivity index (χ4v) is 4.91. The van der Waals surface area contributed by atoms with E-state index in [-0.39, 0.29) is 23.7 Å². The molecule has 16 heavy (non-hydrogen) atoms. The molecule has 1 N–H and O–H groups in total. The molecule has 2 saturated carbocycles. The molecule has 0 unspecified atom stereocenters. The standard InChI is InChI=1S/C12H16O4/c1-11-3-6-2-8(16-11)7-4-15-9(6)12(7,5-11)10(13)14/h6-9H,2-5H2,1H3,(H,13,14)/t6-,7+,8-,9-,11+,12+/m0/s1. The van der Waals surface area contributed by atoms with Crippen molar-refractivity contribution in [3.63, 3.8) is 0 Å². The molecule has 4 nitrogen and oxygen atoms in total. The molecule has 0 amide bonds. The van der Waals surface area contributed by atoms with Crippen LogP contribution >= 0.6 is 0 Å². The van der Waals surface area contributed by atoms with E-state index in [2.05, 4.69) is 6.92 Å². The summed E-state index contributed by atoms with van der Waals surface area (Å²) in [5, 5.41) is 9.64. The van der Waals surface area contributed by atoms with E-state index in [1.54, 1.807) is 0 Å². The van der Waals surface area contributed by atoms with Crippen LogP contribution in [0.5, 0.6) is 0 Å². The van der Waals surface area contributed by atoms with Crippen molar-refractivity contribution in [1.82, 2.24) is 0 Å². The van der Waals surface area contributed by atoms with Gasteiger partial charge in [0.05, 0.1) is 24.4 Å². The first-order chi connectivity index (χ1) is 7.55. The average molecular weight is 224 g/mol. The molecule has 5 fully saturated rings. The van der Waals surface area contributed by atoms with Gasteiger partial charge in [0.1, 0.15) is 5.41 Å². The molecule has 0 spiro atoms. The van der Waals surface area contributed by atoms with E-state index < -0.39 is 11.4 Å². The summed E-state index contributed by atoms with van der Waals surface area (Å²) in [4.78, 5) is 11.7. The van der Waals surface area contributed by atoms with Crippen molar-refractivity contribution in [2.75, 3.05) is 6.61 Å². The fraction of sp³-hybridized carbons (Fsp3) is 0.917. The van der Waals surface area contributed by atoms with Crippen LogP contribution in [-0.2, 0) is 14.3 Å². The van der Waals surface area contributed by atoms with E-state index in [4.69, 9.17) is 9.47 Å².